The van der Waals surface area contributed by atoms with E-state index in [0.29, 0.717) is 35.0 Å². The molecule has 0 bridgehead atoms. The monoisotopic (exact) mass is 550 g/mol. The molecule has 1 aromatic heterocycles. The van der Waals surface area contributed by atoms with E-state index in [0.717, 1.165) is 81.2 Å². The van der Waals surface area contributed by atoms with Crippen molar-refractivity contribution in [1.82, 2.24) is 14.9 Å². The lowest BCUT2D eigenvalue weighted by molar-refractivity contribution is -0.132. The summed E-state index contributed by atoms with van der Waals surface area (Å²) in [7, 11) is 1.64. The van der Waals surface area contributed by atoms with Gasteiger partial charge in [0.05, 0.1) is 19.4 Å². The number of amides is 1. The highest BCUT2D eigenvalue weighted by molar-refractivity contribution is 5.76. The molecule has 1 aliphatic heterocycles. The van der Waals surface area contributed by atoms with Crippen molar-refractivity contribution in [2.45, 2.75) is 91.1 Å². The van der Waals surface area contributed by atoms with Gasteiger partial charge in [-0.25, -0.2) is 9.97 Å². The number of nitrogens with zero attached hydrogens (tertiary/aromatic N) is 4. The van der Waals surface area contributed by atoms with E-state index in [1.807, 2.05) is 0 Å². The second-order valence-corrected chi connectivity index (χ2v) is 14.2. The SMILES string of the molecule is COc1ncncc1N1CCN(C(=O)CCC(C)[C@H]2CC[C@H]3[C@@H]4CC=C5C[C@@H](O)CC[C@]5(C)[C@H]4CC[C@]23C)CC1. The molecule has 2 heterocycles. The van der Waals surface area contributed by atoms with Crippen molar-refractivity contribution in [3.63, 3.8) is 0 Å². The maximum Gasteiger partial charge on any atom is 0.240 e. The average molecular weight is 551 g/mol. The number of fused-ring (bicyclic) bond motifs is 5. The topological polar surface area (TPSA) is 78.8 Å². The molecule has 1 saturated heterocycles. The predicted octanol–water partition coefficient (Wildman–Crippen LogP) is 5.49. The van der Waals surface area contributed by atoms with Crippen LogP contribution in [0.1, 0.15) is 85.0 Å². The van der Waals surface area contributed by atoms with Crippen LogP contribution in [-0.4, -0.2) is 65.3 Å². The highest BCUT2D eigenvalue weighted by Gasteiger charge is 2.59. The third kappa shape index (κ3) is 4.74. The minimum atomic E-state index is -0.130. The predicted molar refractivity (Wildman–Crippen MR) is 157 cm³/mol. The lowest BCUT2D eigenvalue weighted by Crippen LogP contribution is -2.51. The van der Waals surface area contributed by atoms with Gasteiger partial charge in [-0.1, -0.05) is 32.4 Å². The number of hydrogen-bond donors (Lipinski definition) is 1. The Morgan fingerprint density at radius 2 is 1.93 bits per heavy atom. The van der Waals surface area contributed by atoms with Crippen molar-refractivity contribution in [3.8, 4) is 5.88 Å². The molecule has 40 heavy (non-hydrogen) atoms. The Morgan fingerprint density at radius 3 is 2.70 bits per heavy atom. The van der Waals surface area contributed by atoms with Crippen molar-refractivity contribution in [1.29, 1.82) is 0 Å². The molecular weight excluding hydrogens is 500 g/mol. The zero-order chi connectivity index (χ0) is 28.1. The van der Waals surface area contributed by atoms with Gasteiger partial charge in [0.2, 0.25) is 11.8 Å². The molecule has 220 valence electrons. The minimum Gasteiger partial charge on any atom is -0.479 e. The molecule has 4 aliphatic carbocycles. The number of aromatic nitrogens is 2. The Balaban J connectivity index is 1.04. The number of carbonyl (C=O) groups is 1. The standard InChI is InChI=1S/C33H50N4O3/c1-22(5-10-30(39)37-17-15-36(16-18-37)29-20-34-21-35-31(29)40-4)26-8-9-27-25-7-6-23-19-24(38)11-13-32(23,2)28(25)12-14-33(26,27)3/h6,20-22,24-28,38H,5,7-19H2,1-4H3/t22?,24-,25-,26+,27-,28-,32-,33+/m0/s1. The third-order valence-corrected chi connectivity index (χ3v) is 12.5. The molecule has 1 aromatic rings. The largest absolute Gasteiger partial charge is 0.479 e. The number of allylic oxidation sites excluding steroid dienone is 1. The quantitative estimate of drug-likeness (QED) is 0.472. The average Bonchev–Trinajstić information content (AvgIpc) is 3.33. The van der Waals surface area contributed by atoms with Crippen LogP contribution in [0, 0.1) is 40.4 Å². The molecule has 0 radical (unpaired) electrons. The molecule has 0 aromatic carbocycles. The molecule has 5 aliphatic rings. The van der Waals surface area contributed by atoms with Crippen LogP contribution >= 0.6 is 0 Å². The summed E-state index contributed by atoms with van der Waals surface area (Å²) >= 11 is 0. The Kier molecular flexibility index (Phi) is 7.64. The first-order valence-corrected chi connectivity index (χ1v) is 16.0. The summed E-state index contributed by atoms with van der Waals surface area (Å²) in [6, 6.07) is 0. The zero-order valence-corrected chi connectivity index (χ0v) is 25.1. The van der Waals surface area contributed by atoms with Crippen LogP contribution < -0.4 is 9.64 Å². The molecular formula is C33H50N4O3. The lowest BCUT2D eigenvalue weighted by atomic mass is 9.47. The molecule has 6 rings (SSSR count). The van der Waals surface area contributed by atoms with E-state index in [4.69, 9.17) is 4.74 Å². The van der Waals surface area contributed by atoms with Gasteiger partial charge in [0.25, 0.3) is 0 Å². The molecule has 0 spiro atoms. The molecule has 1 unspecified atom stereocenters. The fourth-order valence-electron chi connectivity index (χ4n) is 10.2. The van der Waals surface area contributed by atoms with Crippen LogP contribution in [0.15, 0.2) is 24.2 Å². The normalized spacial score (nSPS) is 38.1. The van der Waals surface area contributed by atoms with E-state index in [1.165, 1.54) is 38.4 Å². The van der Waals surface area contributed by atoms with E-state index >= 15 is 0 Å². The highest BCUT2D eigenvalue weighted by atomic mass is 16.5. The fraction of sp³-hybridized carbons (Fsp3) is 0.788. The summed E-state index contributed by atoms with van der Waals surface area (Å²) < 4.78 is 5.41. The number of ether oxygens (including phenoxy) is 1. The zero-order valence-electron chi connectivity index (χ0n) is 25.1. The van der Waals surface area contributed by atoms with Crippen LogP contribution in [-0.2, 0) is 4.79 Å². The van der Waals surface area contributed by atoms with E-state index in [-0.39, 0.29) is 6.10 Å². The summed E-state index contributed by atoms with van der Waals surface area (Å²) in [5, 5.41) is 10.3. The number of aliphatic hydroxyl groups excluding tert-OH is 1. The van der Waals surface area contributed by atoms with Crippen LogP contribution in [0.3, 0.4) is 0 Å². The Morgan fingerprint density at radius 1 is 1.12 bits per heavy atom. The van der Waals surface area contributed by atoms with Crippen LogP contribution in [0.2, 0.25) is 0 Å². The number of piperazine rings is 1. The number of hydrogen-bond acceptors (Lipinski definition) is 6. The number of anilines is 1. The second kappa shape index (κ2) is 10.9. The summed E-state index contributed by atoms with van der Waals surface area (Å²) in [5.41, 5.74) is 3.18. The first-order valence-electron chi connectivity index (χ1n) is 16.0. The fourth-order valence-corrected chi connectivity index (χ4v) is 10.2. The summed E-state index contributed by atoms with van der Waals surface area (Å²) in [6.07, 6.45) is 17.0. The van der Waals surface area contributed by atoms with Gasteiger partial charge in [-0.05, 0) is 98.2 Å². The van der Waals surface area contributed by atoms with Crippen molar-refractivity contribution in [2.75, 3.05) is 38.2 Å². The van der Waals surface area contributed by atoms with Crippen molar-refractivity contribution in [3.05, 3.63) is 24.2 Å². The highest BCUT2D eigenvalue weighted by Crippen LogP contribution is 2.67. The lowest BCUT2D eigenvalue weighted by Gasteiger charge is -2.58. The van der Waals surface area contributed by atoms with E-state index in [2.05, 4.69) is 46.6 Å². The van der Waals surface area contributed by atoms with Gasteiger partial charge >= 0.3 is 0 Å². The summed E-state index contributed by atoms with van der Waals surface area (Å²) in [5.74, 6) is 4.60. The Labute approximate surface area is 240 Å². The van der Waals surface area contributed by atoms with Gasteiger partial charge < -0.3 is 19.6 Å². The van der Waals surface area contributed by atoms with Gasteiger partial charge in [-0.15, -0.1) is 0 Å². The minimum absolute atomic E-state index is 0.130. The maximum atomic E-state index is 13.3. The smallest absolute Gasteiger partial charge is 0.240 e. The van der Waals surface area contributed by atoms with Gasteiger partial charge in [0.15, 0.2) is 0 Å². The number of methoxy groups -OCH3 is 1. The van der Waals surface area contributed by atoms with Gasteiger partial charge in [-0.2, -0.15) is 0 Å². The van der Waals surface area contributed by atoms with Gasteiger partial charge in [-0.3, -0.25) is 4.79 Å². The van der Waals surface area contributed by atoms with E-state index < -0.39 is 0 Å². The molecule has 4 fully saturated rings. The maximum absolute atomic E-state index is 13.3. The Hall–Kier alpha value is -2.15. The molecule has 1 amide bonds. The molecule has 3 saturated carbocycles. The molecule has 1 N–H and O–H groups in total. The first-order chi connectivity index (χ1) is 19.2. The first kappa shape index (κ1) is 28.0. The second-order valence-electron chi connectivity index (χ2n) is 14.2. The summed E-state index contributed by atoms with van der Waals surface area (Å²) in [6.45, 7) is 10.6. The van der Waals surface area contributed by atoms with E-state index in [1.54, 1.807) is 18.9 Å². The van der Waals surface area contributed by atoms with E-state index in [9.17, 15) is 9.90 Å². The van der Waals surface area contributed by atoms with Crippen LogP contribution in [0.4, 0.5) is 5.69 Å². The third-order valence-electron chi connectivity index (χ3n) is 12.5. The number of rotatable bonds is 6. The number of carbonyl (C=O) groups excluding carboxylic acids is 1. The molecule has 7 heteroatoms. The Bertz CT molecular complexity index is 1120. The van der Waals surface area contributed by atoms with Crippen LogP contribution in [0.25, 0.3) is 0 Å². The van der Waals surface area contributed by atoms with Crippen molar-refractivity contribution in [2.24, 2.45) is 40.4 Å². The molecule has 7 nitrogen and oxygen atoms in total. The molecule has 8 atom stereocenters. The number of aliphatic hydroxyl groups is 1. The van der Waals surface area contributed by atoms with Gasteiger partial charge in [0.1, 0.15) is 12.0 Å². The summed E-state index contributed by atoms with van der Waals surface area (Å²) in [4.78, 5) is 25.9. The van der Waals surface area contributed by atoms with Gasteiger partial charge in [0, 0.05) is 32.6 Å². The van der Waals surface area contributed by atoms with Crippen molar-refractivity contribution < 1.29 is 14.6 Å². The van der Waals surface area contributed by atoms with Crippen molar-refractivity contribution >= 4 is 11.6 Å². The van der Waals surface area contributed by atoms with Crippen LogP contribution in [0.5, 0.6) is 5.88 Å².